The van der Waals surface area contributed by atoms with E-state index in [1.165, 1.54) is 0 Å². The molecule has 6 heteroatoms. The molecule has 0 aromatic rings. The first kappa shape index (κ1) is 13.1. The molecule has 0 aliphatic carbocycles. The summed E-state index contributed by atoms with van der Waals surface area (Å²) < 4.78 is 0. The molecule has 0 spiro atoms. The fourth-order valence-corrected chi connectivity index (χ4v) is 1.20. The zero-order valence-electron chi connectivity index (χ0n) is 8.19. The molecule has 14 heavy (non-hydrogen) atoms. The van der Waals surface area contributed by atoms with Crippen LogP contribution in [0.4, 0.5) is 4.79 Å². The van der Waals surface area contributed by atoms with Crippen molar-refractivity contribution < 1.29 is 9.90 Å². The van der Waals surface area contributed by atoms with E-state index in [1.54, 1.807) is 0 Å². The number of carbonyl (C=O) groups excluding carboxylic acids is 1. The third kappa shape index (κ3) is 5.71. The van der Waals surface area contributed by atoms with Crippen LogP contribution in [0.1, 0.15) is 26.2 Å². The van der Waals surface area contributed by atoms with Crippen LogP contribution in [0.25, 0.3) is 0 Å². The Bertz CT molecular complexity index is 211. The van der Waals surface area contributed by atoms with Gasteiger partial charge in [0.1, 0.15) is 0 Å². The molecule has 0 aliphatic heterocycles. The van der Waals surface area contributed by atoms with Gasteiger partial charge in [0.2, 0.25) is 0 Å². The van der Waals surface area contributed by atoms with E-state index in [2.05, 4.69) is 17.5 Å². The van der Waals surface area contributed by atoms with E-state index < -0.39 is 12.1 Å². The molecule has 2 amide bonds. The van der Waals surface area contributed by atoms with E-state index in [0.29, 0.717) is 12.8 Å². The highest BCUT2D eigenvalue weighted by molar-refractivity contribution is 7.80. The molecule has 82 valence electrons. The molecule has 0 bridgehead atoms. The molecule has 0 saturated carbocycles. The number of aliphatic hydroxyl groups is 1. The second-order valence-electron chi connectivity index (χ2n) is 3.14. The van der Waals surface area contributed by atoms with Crippen molar-refractivity contribution in [3.63, 3.8) is 0 Å². The van der Waals surface area contributed by atoms with Crippen LogP contribution < -0.4 is 16.8 Å². The van der Waals surface area contributed by atoms with Crippen LogP contribution in [0.15, 0.2) is 0 Å². The van der Waals surface area contributed by atoms with Crippen molar-refractivity contribution in [3.05, 3.63) is 0 Å². The van der Waals surface area contributed by atoms with Gasteiger partial charge in [0.05, 0.1) is 6.04 Å². The molecule has 2 atom stereocenters. The van der Waals surface area contributed by atoms with Crippen molar-refractivity contribution in [2.75, 3.05) is 0 Å². The number of aliphatic hydroxyl groups excluding tert-OH is 1. The SMILES string of the molecule is CCC(CC[C@H](N)C(O)=S)NC(N)=O. The van der Waals surface area contributed by atoms with Crippen molar-refractivity contribution in [2.45, 2.75) is 38.3 Å². The first-order chi connectivity index (χ1) is 6.47. The van der Waals surface area contributed by atoms with Crippen LogP contribution >= 0.6 is 12.2 Å². The number of rotatable bonds is 6. The summed E-state index contributed by atoms with van der Waals surface area (Å²) in [4.78, 5) is 10.6. The third-order valence-corrected chi connectivity index (χ3v) is 2.29. The first-order valence-corrected chi connectivity index (χ1v) is 4.92. The van der Waals surface area contributed by atoms with Crippen LogP contribution in [0.3, 0.4) is 0 Å². The van der Waals surface area contributed by atoms with E-state index >= 15 is 0 Å². The summed E-state index contributed by atoms with van der Waals surface area (Å²) in [7, 11) is 0. The summed E-state index contributed by atoms with van der Waals surface area (Å²) in [6.07, 6.45) is 1.96. The van der Waals surface area contributed by atoms with Crippen molar-refractivity contribution in [1.29, 1.82) is 0 Å². The highest BCUT2D eigenvalue weighted by atomic mass is 32.1. The van der Waals surface area contributed by atoms with Crippen molar-refractivity contribution in [1.82, 2.24) is 5.32 Å². The standard InChI is InChI=1S/C8H17N3O2S/c1-2-5(11-8(10)13)3-4-6(9)7(12)14/h5-6H,2-4,9H2,1H3,(H,12,14)(H3,10,11,13)/t5?,6-/m0/s1. The predicted molar refractivity (Wildman–Crippen MR) is 59.2 cm³/mol. The molecule has 0 aromatic heterocycles. The number of nitrogens with two attached hydrogens (primary N) is 2. The maximum absolute atomic E-state index is 10.6. The molecule has 1 unspecified atom stereocenters. The number of hydrogen-bond donors (Lipinski definition) is 4. The van der Waals surface area contributed by atoms with E-state index in [1.807, 2.05) is 6.92 Å². The number of urea groups is 1. The van der Waals surface area contributed by atoms with E-state index in [9.17, 15) is 4.79 Å². The molecule has 0 aromatic carbocycles. The van der Waals surface area contributed by atoms with Gasteiger partial charge in [-0.3, -0.25) is 0 Å². The molecule has 6 N–H and O–H groups in total. The second-order valence-corrected chi connectivity index (χ2v) is 3.55. The Hall–Kier alpha value is -0.880. The minimum absolute atomic E-state index is 0.00657. The van der Waals surface area contributed by atoms with Crippen LogP contribution in [-0.4, -0.2) is 28.3 Å². The maximum atomic E-state index is 10.6. The van der Waals surface area contributed by atoms with E-state index in [-0.39, 0.29) is 11.1 Å². The Labute approximate surface area is 88.8 Å². The van der Waals surface area contributed by atoms with Crippen molar-refractivity contribution in [3.8, 4) is 0 Å². The Morgan fingerprint density at radius 2 is 2.14 bits per heavy atom. The highest BCUT2D eigenvalue weighted by Crippen LogP contribution is 2.04. The van der Waals surface area contributed by atoms with Gasteiger partial charge in [-0.05, 0) is 31.5 Å². The van der Waals surface area contributed by atoms with Crippen LogP contribution in [0, 0.1) is 0 Å². The van der Waals surface area contributed by atoms with Gasteiger partial charge in [-0.15, -0.1) is 0 Å². The summed E-state index contributed by atoms with van der Waals surface area (Å²) >= 11 is 4.51. The topological polar surface area (TPSA) is 101 Å². The zero-order chi connectivity index (χ0) is 11.1. The zero-order valence-corrected chi connectivity index (χ0v) is 9.01. The molecule has 5 nitrogen and oxygen atoms in total. The molecular weight excluding hydrogens is 202 g/mol. The Kier molecular flexibility index (Phi) is 6.14. The van der Waals surface area contributed by atoms with Gasteiger partial charge in [0, 0.05) is 6.04 Å². The summed E-state index contributed by atoms with van der Waals surface area (Å²) in [6, 6.07) is -1.06. The van der Waals surface area contributed by atoms with E-state index in [4.69, 9.17) is 16.6 Å². The lowest BCUT2D eigenvalue weighted by molar-refractivity contribution is 0.243. The lowest BCUT2D eigenvalue weighted by Crippen LogP contribution is -2.40. The van der Waals surface area contributed by atoms with Crippen LogP contribution in [0.5, 0.6) is 0 Å². The van der Waals surface area contributed by atoms with Gasteiger partial charge in [0.25, 0.3) is 0 Å². The smallest absolute Gasteiger partial charge is 0.312 e. The third-order valence-electron chi connectivity index (χ3n) is 1.98. The van der Waals surface area contributed by atoms with Crippen LogP contribution in [-0.2, 0) is 0 Å². The number of primary amides is 1. The monoisotopic (exact) mass is 219 g/mol. The van der Waals surface area contributed by atoms with Gasteiger partial charge in [0.15, 0.2) is 5.05 Å². The Morgan fingerprint density at radius 1 is 1.57 bits per heavy atom. The second kappa shape index (κ2) is 6.56. The lowest BCUT2D eigenvalue weighted by atomic mass is 10.1. The number of nitrogens with one attached hydrogen (secondary N) is 1. The normalized spacial score (nSPS) is 14.4. The lowest BCUT2D eigenvalue weighted by Gasteiger charge is -2.17. The molecule has 0 heterocycles. The fraction of sp³-hybridized carbons (Fsp3) is 0.750. The quantitative estimate of drug-likeness (QED) is 0.486. The number of hydrogen-bond acceptors (Lipinski definition) is 3. The molecule has 0 rings (SSSR count). The summed E-state index contributed by atoms with van der Waals surface area (Å²) in [6.45, 7) is 1.93. The van der Waals surface area contributed by atoms with E-state index in [0.717, 1.165) is 6.42 Å². The van der Waals surface area contributed by atoms with Crippen molar-refractivity contribution >= 4 is 23.3 Å². The predicted octanol–water partition coefficient (Wildman–Crippen LogP) is 0.426. The first-order valence-electron chi connectivity index (χ1n) is 4.51. The van der Waals surface area contributed by atoms with Crippen LogP contribution in [0.2, 0.25) is 0 Å². The minimum atomic E-state index is -0.544. The number of thiocarbonyl (C=S) groups is 1. The average molecular weight is 219 g/mol. The molecule has 0 radical (unpaired) electrons. The van der Waals surface area contributed by atoms with Crippen molar-refractivity contribution in [2.24, 2.45) is 11.5 Å². The number of amides is 2. The van der Waals surface area contributed by atoms with Gasteiger partial charge in [-0.25, -0.2) is 4.79 Å². The van der Waals surface area contributed by atoms with Gasteiger partial charge in [-0.1, -0.05) is 6.92 Å². The summed E-state index contributed by atoms with van der Waals surface area (Å²) in [5.41, 5.74) is 10.5. The highest BCUT2D eigenvalue weighted by Gasteiger charge is 2.12. The van der Waals surface area contributed by atoms with Gasteiger partial charge in [-0.2, -0.15) is 0 Å². The molecular formula is C8H17N3O2S. The fourth-order valence-electron chi connectivity index (χ4n) is 1.08. The minimum Gasteiger partial charge on any atom is -0.501 e. The molecule has 0 fully saturated rings. The van der Waals surface area contributed by atoms with Gasteiger partial charge >= 0.3 is 6.03 Å². The van der Waals surface area contributed by atoms with Gasteiger partial charge < -0.3 is 21.9 Å². The summed E-state index contributed by atoms with van der Waals surface area (Å²) in [5.74, 6) is 0. The molecule has 0 saturated heterocycles. The maximum Gasteiger partial charge on any atom is 0.312 e. The Balaban J connectivity index is 3.83. The Morgan fingerprint density at radius 3 is 2.50 bits per heavy atom. The summed E-state index contributed by atoms with van der Waals surface area (Å²) in [5, 5.41) is 11.3. The number of carbonyl (C=O) groups is 1. The largest absolute Gasteiger partial charge is 0.501 e. The average Bonchev–Trinajstić information content (AvgIpc) is 2.10. The molecule has 0 aliphatic rings.